The lowest BCUT2D eigenvalue weighted by Crippen LogP contribution is -2.03. The maximum Gasteiger partial charge on any atom is 0.309 e. The summed E-state index contributed by atoms with van der Waals surface area (Å²) in [6.07, 6.45) is 0.330. The number of aryl methyl sites for hydroxylation is 1. The van der Waals surface area contributed by atoms with Crippen molar-refractivity contribution in [3.63, 3.8) is 0 Å². The van der Waals surface area contributed by atoms with E-state index in [1.165, 1.54) is 7.11 Å². The second-order valence-corrected chi connectivity index (χ2v) is 3.63. The summed E-state index contributed by atoms with van der Waals surface area (Å²) in [6.45, 7) is 2.01. The Balaban J connectivity index is 2.33. The van der Waals surface area contributed by atoms with Gasteiger partial charge in [-0.15, -0.1) is 0 Å². The number of esters is 1. The van der Waals surface area contributed by atoms with Gasteiger partial charge in [0.2, 0.25) is 0 Å². The first-order chi connectivity index (χ1) is 7.19. The van der Waals surface area contributed by atoms with Crippen molar-refractivity contribution in [1.82, 2.24) is 4.98 Å². The smallest absolute Gasteiger partial charge is 0.309 e. The lowest BCUT2D eigenvalue weighted by molar-refractivity contribution is -0.139. The van der Waals surface area contributed by atoms with Crippen molar-refractivity contribution in [1.29, 1.82) is 0 Å². The Morgan fingerprint density at radius 2 is 2.20 bits per heavy atom. The average Bonchev–Trinajstić information content (AvgIpc) is 2.57. The molecule has 78 valence electrons. The number of nitrogens with one attached hydrogen (secondary N) is 1. The van der Waals surface area contributed by atoms with Crippen molar-refractivity contribution in [2.24, 2.45) is 0 Å². The largest absolute Gasteiger partial charge is 0.469 e. The standard InChI is InChI=1S/C12H13NO2/c1-8-5-10-6-9(7-12(14)15-2)3-4-11(10)13-8/h3-6,13H,7H2,1-2H3. The maximum atomic E-state index is 11.1. The van der Waals surface area contributed by atoms with E-state index in [4.69, 9.17) is 0 Å². The minimum absolute atomic E-state index is 0.207. The quantitative estimate of drug-likeness (QED) is 0.760. The van der Waals surface area contributed by atoms with Crippen LogP contribution < -0.4 is 0 Å². The summed E-state index contributed by atoms with van der Waals surface area (Å²) in [7, 11) is 1.40. The number of benzene rings is 1. The van der Waals surface area contributed by atoms with E-state index in [0.29, 0.717) is 6.42 Å². The molecule has 0 bridgehead atoms. The van der Waals surface area contributed by atoms with Crippen LogP contribution in [0.15, 0.2) is 24.3 Å². The molecule has 1 aromatic carbocycles. The number of aromatic nitrogens is 1. The minimum Gasteiger partial charge on any atom is -0.469 e. The number of carbonyl (C=O) groups is 1. The van der Waals surface area contributed by atoms with Crippen LogP contribution in [0.3, 0.4) is 0 Å². The first-order valence-electron chi connectivity index (χ1n) is 4.84. The van der Waals surface area contributed by atoms with E-state index in [9.17, 15) is 4.79 Å². The molecule has 0 spiro atoms. The molecule has 1 N–H and O–H groups in total. The molecule has 3 nitrogen and oxygen atoms in total. The van der Waals surface area contributed by atoms with Crippen molar-refractivity contribution in [2.75, 3.05) is 7.11 Å². The zero-order valence-electron chi connectivity index (χ0n) is 8.83. The summed E-state index contributed by atoms with van der Waals surface area (Å²) in [5.74, 6) is -0.207. The molecular weight excluding hydrogens is 190 g/mol. The van der Waals surface area contributed by atoms with E-state index in [1.807, 2.05) is 25.1 Å². The third kappa shape index (κ3) is 2.01. The first kappa shape index (κ1) is 9.77. The molecule has 0 radical (unpaired) electrons. The second kappa shape index (κ2) is 3.77. The highest BCUT2D eigenvalue weighted by molar-refractivity contribution is 5.82. The van der Waals surface area contributed by atoms with Gasteiger partial charge in [0, 0.05) is 11.2 Å². The Morgan fingerprint density at radius 3 is 2.93 bits per heavy atom. The fraction of sp³-hybridized carbons (Fsp3) is 0.250. The van der Waals surface area contributed by atoms with Crippen molar-refractivity contribution in [3.8, 4) is 0 Å². The molecule has 0 aliphatic heterocycles. The molecule has 0 aliphatic carbocycles. The molecule has 0 fully saturated rings. The predicted molar refractivity (Wildman–Crippen MR) is 58.8 cm³/mol. The van der Waals surface area contributed by atoms with Crippen LogP contribution in [-0.4, -0.2) is 18.1 Å². The van der Waals surface area contributed by atoms with Crippen LogP contribution in [0.4, 0.5) is 0 Å². The summed E-state index contributed by atoms with van der Waals surface area (Å²) in [4.78, 5) is 14.3. The number of hydrogen-bond acceptors (Lipinski definition) is 2. The highest BCUT2D eigenvalue weighted by Gasteiger charge is 2.04. The maximum absolute atomic E-state index is 11.1. The normalized spacial score (nSPS) is 10.5. The second-order valence-electron chi connectivity index (χ2n) is 3.63. The molecule has 0 saturated carbocycles. The molecule has 0 unspecified atom stereocenters. The van der Waals surface area contributed by atoms with Gasteiger partial charge in [-0.25, -0.2) is 0 Å². The fourth-order valence-electron chi connectivity index (χ4n) is 1.68. The monoisotopic (exact) mass is 203 g/mol. The van der Waals surface area contributed by atoms with Crippen LogP contribution >= 0.6 is 0 Å². The molecule has 3 heteroatoms. The third-order valence-electron chi connectivity index (χ3n) is 2.40. The molecule has 0 aliphatic rings. The van der Waals surface area contributed by atoms with Gasteiger partial charge in [-0.1, -0.05) is 6.07 Å². The van der Waals surface area contributed by atoms with Crippen LogP contribution in [0.5, 0.6) is 0 Å². The number of methoxy groups -OCH3 is 1. The molecule has 2 aromatic rings. The van der Waals surface area contributed by atoms with Crippen LogP contribution in [0.25, 0.3) is 10.9 Å². The summed E-state index contributed by atoms with van der Waals surface area (Å²) in [5, 5.41) is 1.13. The summed E-state index contributed by atoms with van der Waals surface area (Å²) < 4.78 is 4.62. The van der Waals surface area contributed by atoms with Crippen LogP contribution in [-0.2, 0) is 16.0 Å². The Morgan fingerprint density at radius 1 is 1.40 bits per heavy atom. The highest BCUT2D eigenvalue weighted by atomic mass is 16.5. The van der Waals surface area contributed by atoms with E-state index < -0.39 is 0 Å². The van der Waals surface area contributed by atoms with Crippen LogP contribution in [0.1, 0.15) is 11.3 Å². The van der Waals surface area contributed by atoms with Gasteiger partial charge >= 0.3 is 5.97 Å². The van der Waals surface area contributed by atoms with Gasteiger partial charge < -0.3 is 9.72 Å². The summed E-state index contributed by atoms with van der Waals surface area (Å²) >= 11 is 0. The van der Waals surface area contributed by atoms with E-state index in [2.05, 4.69) is 15.8 Å². The third-order valence-corrected chi connectivity index (χ3v) is 2.40. The Labute approximate surface area is 88.1 Å². The number of rotatable bonds is 2. The molecule has 0 amide bonds. The van der Waals surface area contributed by atoms with Gasteiger partial charge in [0.1, 0.15) is 0 Å². The molecule has 0 saturated heterocycles. The number of hydrogen-bond donors (Lipinski definition) is 1. The van der Waals surface area contributed by atoms with Crippen LogP contribution in [0.2, 0.25) is 0 Å². The van der Waals surface area contributed by atoms with E-state index in [0.717, 1.165) is 22.2 Å². The van der Waals surface area contributed by atoms with Gasteiger partial charge in [-0.3, -0.25) is 4.79 Å². The summed E-state index contributed by atoms with van der Waals surface area (Å²) in [5.41, 5.74) is 3.20. The van der Waals surface area contributed by atoms with Gasteiger partial charge in [-0.2, -0.15) is 0 Å². The zero-order chi connectivity index (χ0) is 10.8. The van der Waals surface area contributed by atoms with E-state index in [-0.39, 0.29) is 5.97 Å². The van der Waals surface area contributed by atoms with Gasteiger partial charge in [0.15, 0.2) is 0 Å². The minimum atomic E-state index is -0.207. The fourth-order valence-corrected chi connectivity index (χ4v) is 1.68. The number of H-pyrrole nitrogens is 1. The number of ether oxygens (including phenoxy) is 1. The van der Waals surface area contributed by atoms with Gasteiger partial charge in [-0.05, 0) is 36.1 Å². The lowest BCUT2D eigenvalue weighted by Gasteiger charge is -1.99. The van der Waals surface area contributed by atoms with Gasteiger partial charge in [0.05, 0.1) is 13.5 Å². The van der Waals surface area contributed by atoms with Crippen molar-refractivity contribution in [3.05, 3.63) is 35.5 Å². The SMILES string of the molecule is COC(=O)Cc1ccc2[nH]c(C)cc2c1. The molecule has 1 heterocycles. The molecule has 0 atom stereocenters. The van der Waals surface area contributed by atoms with E-state index >= 15 is 0 Å². The number of fused-ring (bicyclic) bond motifs is 1. The Bertz CT molecular complexity index is 499. The Hall–Kier alpha value is -1.77. The first-order valence-corrected chi connectivity index (χ1v) is 4.84. The molecule has 2 rings (SSSR count). The highest BCUT2D eigenvalue weighted by Crippen LogP contribution is 2.17. The van der Waals surface area contributed by atoms with Crippen LogP contribution in [0, 0.1) is 6.92 Å². The number of carbonyl (C=O) groups excluding carboxylic acids is 1. The van der Waals surface area contributed by atoms with Crippen molar-refractivity contribution < 1.29 is 9.53 Å². The van der Waals surface area contributed by atoms with Crippen molar-refractivity contribution >= 4 is 16.9 Å². The zero-order valence-corrected chi connectivity index (χ0v) is 8.83. The number of aromatic amines is 1. The predicted octanol–water partition coefficient (Wildman–Crippen LogP) is 2.19. The molecule has 1 aromatic heterocycles. The van der Waals surface area contributed by atoms with E-state index in [1.54, 1.807) is 0 Å². The molecule has 15 heavy (non-hydrogen) atoms. The topological polar surface area (TPSA) is 42.1 Å². The van der Waals surface area contributed by atoms with Crippen molar-refractivity contribution in [2.45, 2.75) is 13.3 Å². The Kier molecular flexibility index (Phi) is 2.46. The molecular formula is C12H13NO2. The summed E-state index contributed by atoms with van der Waals surface area (Å²) in [6, 6.07) is 8.00. The lowest BCUT2D eigenvalue weighted by atomic mass is 10.1. The average molecular weight is 203 g/mol. The van der Waals surface area contributed by atoms with Gasteiger partial charge in [0.25, 0.3) is 0 Å².